The Hall–Kier alpha value is 0.500. The Bertz CT molecular complexity index is 133. The van der Waals surface area contributed by atoms with Crippen LogP contribution in [0.4, 0.5) is 0 Å². The molecule has 1 aliphatic rings. The molecule has 0 aliphatic carbocycles. The molecule has 1 rings (SSSR count). The predicted octanol–water partition coefficient (Wildman–Crippen LogP) is 2.95. The van der Waals surface area contributed by atoms with Gasteiger partial charge in [0.1, 0.15) is 0 Å². The summed E-state index contributed by atoms with van der Waals surface area (Å²) >= 11 is 0. The second-order valence-corrected chi connectivity index (χ2v) is 4.51. The number of halogens is 2. The first kappa shape index (κ1) is 18.9. The van der Waals surface area contributed by atoms with Crippen LogP contribution in [0.5, 0.6) is 0 Å². The van der Waals surface area contributed by atoms with Gasteiger partial charge in [0, 0.05) is 6.54 Å². The largest absolute Gasteiger partial charge is 0.316 e. The van der Waals surface area contributed by atoms with Crippen LogP contribution in [-0.2, 0) is 0 Å². The molecule has 1 unspecified atom stereocenters. The highest BCUT2D eigenvalue weighted by Gasteiger charge is 2.15. The average Bonchev–Trinajstić information content (AvgIpc) is 2.20. The topological polar surface area (TPSA) is 15.3 Å². The molecule has 1 heterocycles. The van der Waals surface area contributed by atoms with Crippen molar-refractivity contribution in [2.45, 2.75) is 39.5 Å². The molecule has 0 aromatic heterocycles. The minimum Gasteiger partial charge on any atom is -0.316 e. The highest BCUT2D eigenvalue weighted by Crippen LogP contribution is 2.12. The third-order valence-corrected chi connectivity index (χ3v) is 3.00. The summed E-state index contributed by atoms with van der Waals surface area (Å²) in [6.07, 6.45) is 5.38. The Balaban J connectivity index is 0. The van der Waals surface area contributed by atoms with Crippen molar-refractivity contribution in [1.29, 1.82) is 0 Å². The molecule has 16 heavy (non-hydrogen) atoms. The number of nitrogens with one attached hydrogen (secondary N) is 1. The summed E-state index contributed by atoms with van der Waals surface area (Å²) < 4.78 is 0. The molecule has 100 valence electrons. The van der Waals surface area contributed by atoms with Crippen molar-refractivity contribution in [3.63, 3.8) is 0 Å². The van der Waals surface area contributed by atoms with E-state index in [4.69, 9.17) is 0 Å². The Morgan fingerprint density at radius 3 is 2.19 bits per heavy atom. The van der Waals surface area contributed by atoms with Crippen LogP contribution in [0.15, 0.2) is 0 Å². The normalized spacial score (nSPS) is 20.1. The van der Waals surface area contributed by atoms with E-state index in [-0.39, 0.29) is 24.8 Å². The molecule has 1 N–H and O–H groups in total. The fraction of sp³-hybridized carbons (Fsp3) is 1.00. The van der Waals surface area contributed by atoms with Crippen LogP contribution in [0.1, 0.15) is 39.5 Å². The number of hydrogen-bond donors (Lipinski definition) is 1. The van der Waals surface area contributed by atoms with E-state index in [9.17, 15) is 0 Å². The van der Waals surface area contributed by atoms with Crippen LogP contribution in [0, 0.1) is 5.92 Å². The Morgan fingerprint density at radius 2 is 1.75 bits per heavy atom. The van der Waals surface area contributed by atoms with Gasteiger partial charge in [-0.25, -0.2) is 0 Å². The van der Waals surface area contributed by atoms with Gasteiger partial charge in [-0.3, -0.25) is 0 Å². The van der Waals surface area contributed by atoms with Crippen molar-refractivity contribution >= 4 is 24.8 Å². The second kappa shape index (κ2) is 12.0. The molecule has 1 saturated heterocycles. The zero-order valence-corrected chi connectivity index (χ0v) is 12.3. The molecule has 0 saturated carbocycles. The predicted molar refractivity (Wildman–Crippen MR) is 77.1 cm³/mol. The van der Waals surface area contributed by atoms with E-state index in [0.717, 1.165) is 5.92 Å². The number of nitrogens with zero attached hydrogens (tertiary/aromatic N) is 1. The van der Waals surface area contributed by atoms with Crippen molar-refractivity contribution < 1.29 is 0 Å². The van der Waals surface area contributed by atoms with Gasteiger partial charge in [-0.2, -0.15) is 0 Å². The summed E-state index contributed by atoms with van der Waals surface area (Å²) in [5.74, 6) is 0.904. The maximum atomic E-state index is 3.50. The van der Waals surface area contributed by atoms with Gasteiger partial charge >= 0.3 is 0 Å². The molecular formula is C12H28Cl2N2. The molecule has 0 bridgehead atoms. The minimum atomic E-state index is 0. The van der Waals surface area contributed by atoms with Gasteiger partial charge in [0.05, 0.1) is 0 Å². The molecule has 0 spiro atoms. The zero-order valence-electron chi connectivity index (χ0n) is 10.7. The maximum absolute atomic E-state index is 3.50. The van der Waals surface area contributed by atoms with Crippen molar-refractivity contribution in [3.05, 3.63) is 0 Å². The van der Waals surface area contributed by atoms with Crippen molar-refractivity contribution in [2.75, 3.05) is 32.7 Å². The molecular weight excluding hydrogens is 243 g/mol. The molecule has 0 aromatic carbocycles. The van der Waals surface area contributed by atoms with E-state index in [0.29, 0.717) is 0 Å². The summed E-state index contributed by atoms with van der Waals surface area (Å²) in [6.45, 7) is 10.9. The highest BCUT2D eigenvalue weighted by atomic mass is 35.5. The van der Waals surface area contributed by atoms with Gasteiger partial charge in [0.25, 0.3) is 0 Å². The first-order valence-electron chi connectivity index (χ1n) is 6.29. The smallest absolute Gasteiger partial charge is 0.00218 e. The average molecular weight is 271 g/mol. The van der Waals surface area contributed by atoms with Gasteiger partial charge < -0.3 is 10.2 Å². The minimum absolute atomic E-state index is 0. The standard InChI is InChI=1S/C12H26N2.2ClH/c1-3-8-14(9-4-2)11-12-6-5-7-13-10-12;;/h12-13H,3-11H2,1-2H3;2*1H. The van der Waals surface area contributed by atoms with Gasteiger partial charge in [0.15, 0.2) is 0 Å². The lowest BCUT2D eigenvalue weighted by Gasteiger charge is -2.29. The summed E-state index contributed by atoms with van der Waals surface area (Å²) in [5, 5.41) is 3.50. The van der Waals surface area contributed by atoms with E-state index >= 15 is 0 Å². The van der Waals surface area contributed by atoms with Crippen LogP contribution in [0.25, 0.3) is 0 Å². The van der Waals surface area contributed by atoms with Crippen LogP contribution in [0.3, 0.4) is 0 Å². The van der Waals surface area contributed by atoms with Crippen molar-refractivity contribution in [1.82, 2.24) is 10.2 Å². The second-order valence-electron chi connectivity index (χ2n) is 4.51. The quantitative estimate of drug-likeness (QED) is 0.799. The van der Waals surface area contributed by atoms with Crippen LogP contribution >= 0.6 is 24.8 Å². The Morgan fingerprint density at radius 1 is 1.12 bits per heavy atom. The molecule has 1 atom stereocenters. The van der Waals surface area contributed by atoms with Gasteiger partial charge in [-0.15, -0.1) is 24.8 Å². The molecule has 1 fully saturated rings. The number of rotatable bonds is 6. The van der Waals surface area contributed by atoms with Crippen LogP contribution in [-0.4, -0.2) is 37.6 Å². The first-order chi connectivity index (χ1) is 6.86. The molecule has 2 nitrogen and oxygen atoms in total. The van der Waals surface area contributed by atoms with E-state index in [1.54, 1.807) is 0 Å². The Kier molecular flexibility index (Phi) is 14.1. The molecule has 0 amide bonds. The summed E-state index contributed by atoms with van der Waals surface area (Å²) in [7, 11) is 0. The third kappa shape index (κ3) is 7.72. The zero-order chi connectivity index (χ0) is 10.2. The lowest BCUT2D eigenvalue weighted by atomic mass is 9.99. The fourth-order valence-electron chi connectivity index (χ4n) is 2.37. The van der Waals surface area contributed by atoms with Gasteiger partial charge in [-0.1, -0.05) is 13.8 Å². The maximum Gasteiger partial charge on any atom is 0.00218 e. The lowest BCUT2D eigenvalue weighted by molar-refractivity contribution is 0.208. The lowest BCUT2D eigenvalue weighted by Crippen LogP contribution is -2.38. The molecule has 4 heteroatoms. The van der Waals surface area contributed by atoms with Crippen LogP contribution < -0.4 is 5.32 Å². The number of hydrogen-bond acceptors (Lipinski definition) is 2. The fourth-order valence-corrected chi connectivity index (χ4v) is 2.37. The van der Waals surface area contributed by atoms with E-state index in [2.05, 4.69) is 24.1 Å². The number of piperidine rings is 1. The van der Waals surface area contributed by atoms with Crippen molar-refractivity contribution in [3.8, 4) is 0 Å². The highest BCUT2D eigenvalue weighted by molar-refractivity contribution is 5.85. The van der Waals surface area contributed by atoms with E-state index < -0.39 is 0 Å². The van der Waals surface area contributed by atoms with Gasteiger partial charge in [-0.05, 0) is 57.8 Å². The monoisotopic (exact) mass is 270 g/mol. The van der Waals surface area contributed by atoms with Gasteiger partial charge in [0.2, 0.25) is 0 Å². The molecule has 0 aromatic rings. The SMILES string of the molecule is CCCN(CCC)CC1CCCNC1.Cl.Cl. The Labute approximate surface area is 113 Å². The van der Waals surface area contributed by atoms with Crippen molar-refractivity contribution in [2.24, 2.45) is 5.92 Å². The summed E-state index contributed by atoms with van der Waals surface area (Å²) in [5.41, 5.74) is 0. The molecule has 0 radical (unpaired) electrons. The van der Waals surface area contributed by atoms with Crippen LogP contribution in [0.2, 0.25) is 0 Å². The summed E-state index contributed by atoms with van der Waals surface area (Å²) in [4.78, 5) is 2.64. The third-order valence-electron chi connectivity index (χ3n) is 3.00. The van der Waals surface area contributed by atoms with E-state index in [1.807, 2.05) is 0 Å². The first-order valence-corrected chi connectivity index (χ1v) is 6.29. The molecule has 1 aliphatic heterocycles. The summed E-state index contributed by atoms with van der Waals surface area (Å²) in [6, 6.07) is 0. The van der Waals surface area contributed by atoms with E-state index in [1.165, 1.54) is 58.4 Å².